The number of primary amides is 1. The first-order valence-corrected chi connectivity index (χ1v) is 3.93. The fraction of sp³-hybridized carbons (Fsp3) is 0.286. The van der Waals surface area contributed by atoms with Gasteiger partial charge in [0.1, 0.15) is 11.4 Å². The van der Waals surface area contributed by atoms with Crippen LogP contribution in [-0.2, 0) is 11.8 Å². The van der Waals surface area contributed by atoms with Crippen LogP contribution in [0.2, 0.25) is 0 Å². The van der Waals surface area contributed by atoms with Gasteiger partial charge in [-0.05, 0) is 0 Å². The summed E-state index contributed by atoms with van der Waals surface area (Å²) in [5, 5.41) is 5.02. The molecule has 0 aliphatic rings. The van der Waals surface area contributed by atoms with Crippen LogP contribution in [0.3, 0.4) is 0 Å². The van der Waals surface area contributed by atoms with Gasteiger partial charge in [0.05, 0.1) is 6.20 Å². The van der Waals surface area contributed by atoms with Crippen molar-refractivity contribution in [2.75, 3.05) is 5.32 Å². The number of rotatable bonds is 2. The Morgan fingerprint density at radius 3 is 2.50 bits per heavy atom. The monoisotopic (exact) mass is 236 g/mol. The Kier molecular flexibility index (Phi) is 2.88. The van der Waals surface area contributed by atoms with Crippen LogP contribution in [-0.4, -0.2) is 27.8 Å². The van der Waals surface area contributed by atoms with E-state index in [1.807, 2.05) is 0 Å². The lowest BCUT2D eigenvalue weighted by Gasteiger charge is -2.08. The van der Waals surface area contributed by atoms with Crippen LogP contribution < -0.4 is 11.1 Å². The summed E-state index contributed by atoms with van der Waals surface area (Å²) in [6.07, 6.45) is -4.08. The van der Waals surface area contributed by atoms with Gasteiger partial charge >= 0.3 is 12.1 Å². The first-order valence-electron chi connectivity index (χ1n) is 3.93. The number of hydrogen-bond acceptors (Lipinski definition) is 3. The summed E-state index contributed by atoms with van der Waals surface area (Å²) in [5.41, 5.74) is 4.60. The van der Waals surface area contributed by atoms with E-state index in [2.05, 4.69) is 5.10 Å². The van der Waals surface area contributed by atoms with Gasteiger partial charge < -0.3 is 11.1 Å². The van der Waals surface area contributed by atoms with Gasteiger partial charge in [0.15, 0.2) is 0 Å². The molecule has 9 heteroatoms. The van der Waals surface area contributed by atoms with Gasteiger partial charge in [-0.15, -0.1) is 0 Å². The number of hydrogen-bond donors (Lipinski definition) is 2. The molecule has 6 nitrogen and oxygen atoms in total. The molecular weight excluding hydrogens is 229 g/mol. The molecule has 0 aliphatic carbocycles. The average molecular weight is 236 g/mol. The molecule has 0 spiro atoms. The molecule has 0 unspecified atom stereocenters. The molecule has 1 aromatic heterocycles. The number of halogens is 3. The molecule has 88 valence electrons. The number of alkyl halides is 3. The molecule has 1 heterocycles. The standard InChI is InChI=1S/C7H7F3N4O2/c1-14-5(3(2-12-14)4(11)15)13-6(16)7(8,9)10/h2H,1H3,(H2,11,15)(H,13,16). The van der Waals surface area contributed by atoms with Crippen molar-refractivity contribution < 1.29 is 22.8 Å². The maximum Gasteiger partial charge on any atom is 0.471 e. The van der Waals surface area contributed by atoms with Gasteiger partial charge in [0.25, 0.3) is 5.91 Å². The third-order valence-electron chi connectivity index (χ3n) is 1.69. The number of nitrogens with zero attached hydrogens (tertiary/aromatic N) is 2. The number of aryl methyl sites for hydroxylation is 1. The van der Waals surface area contributed by atoms with Crippen LogP contribution in [0.5, 0.6) is 0 Å². The topological polar surface area (TPSA) is 90.0 Å². The van der Waals surface area contributed by atoms with E-state index < -0.39 is 23.8 Å². The van der Waals surface area contributed by atoms with Crippen molar-refractivity contribution in [3.63, 3.8) is 0 Å². The predicted octanol–water partition coefficient (Wildman–Crippen LogP) is 0.0198. The third kappa shape index (κ3) is 2.30. The Bertz CT molecular complexity index is 437. The molecule has 1 rings (SSSR count). The summed E-state index contributed by atoms with van der Waals surface area (Å²) in [7, 11) is 1.26. The second-order valence-electron chi connectivity index (χ2n) is 2.85. The number of anilines is 1. The summed E-state index contributed by atoms with van der Waals surface area (Å²) >= 11 is 0. The van der Waals surface area contributed by atoms with Crippen LogP contribution in [0.25, 0.3) is 0 Å². The van der Waals surface area contributed by atoms with Crippen molar-refractivity contribution in [2.24, 2.45) is 12.8 Å². The molecular formula is C7H7F3N4O2. The molecule has 0 aliphatic heterocycles. The molecule has 0 bridgehead atoms. The number of nitrogens with two attached hydrogens (primary N) is 1. The van der Waals surface area contributed by atoms with Crippen molar-refractivity contribution in [2.45, 2.75) is 6.18 Å². The molecule has 2 amide bonds. The molecule has 16 heavy (non-hydrogen) atoms. The van der Waals surface area contributed by atoms with Crippen LogP contribution in [0.1, 0.15) is 10.4 Å². The lowest BCUT2D eigenvalue weighted by Crippen LogP contribution is -2.31. The van der Waals surface area contributed by atoms with Gasteiger partial charge in [-0.3, -0.25) is 14.3 Å². The van der Waals surface area contributed by atoms with E-state index in [4.69, 9.17) is 5.73 Å². The first-order chi connectivity index (χ1) is 7.23. The summed E-state index contributed by atoms with van der Waals surface area (Å²) in [5.74, 6) is -3.57. The van der Waals surface area contributed by atoms with E-state index in [0.717, 1.165) is 10.9 Å². The largest absolute Gasteiger partial charge is 0.471 e. The zero-order chi connectivity index (χ0) is 12.5. The number of carbonyl (C=O) groups is 2. The highest BCUT2D eigenvalue weighted by Gasteiger charge is 2.39. The van der Waals surface area contributed by atoms with Crippen molar-refractivity contribution >= 4 is 17.6 Å². The number of aromatic nitrogens is 2. The smallest absolute Gasteiger partial charge is 0.365 e. The number of amides is 2. The zero-order valence-corrected chi connectivity index (χ0v) is 8.00. The fourth-order valence-electron chi connectivity index (χ4n) is 0.944. The normalized spacial score (nSPS) is 11.2. The van der Waals surface area contributed by atoms with Crippen molar-refractivity contribution in [1.82, 2.24) is 9.78 Å². The first kappa shape index (κ1) is 12.0. The minimum Gasteiger partial charge on any atom is -0.365 e. The highest BCUT2D eigenvalue weighted by Crippen LogP contribution is 2.20. The molecule has 0 saturated heterocycles. The second-order valence-corrected chi connectivity index (χ2v) is 2.85. The van der Waals surface area contributed by atoms with Gasteiger partial charge in [-0.1, -0.05) is 0 Å². The molecule has 0 atom stereocenters. The maximum atomic E-state index is 11.9. The molecule has 0 fully saturated rings. The van der Waals surface area contributed by atoms with E-state index in [-0.39, 0.29) is 5.56 Å². The van der Waals surface area contributed by atoms with Gasteiger partial charge in [-0.2, -0.15) is 18.3 Å². The molecule has 3 N–H and O–H groups in total. The molecule has 0 radical (unpaired) electrons. The Balaban J connectivity index is 3.02. The fourth-order valence-corrected chi connectivity index (χ4v) is 0.944. The summed E-state index contributed by atoms with van der Waals surface area (Å²) in [6, 6.07) is 0. The van der Waals surface area contributed by atoms with E-state index >= 15 is 0 Å². The van der Waals surface area contributed by atoms with Crippen molar-refractivity contribution in [3.05, 3.63) is 11.8 Å². The van der Waals surface area contributed by atoms with Crippen LogP contribution in [0, 0.1) is 0 Å². The average Bonchev–Trinajstić information content (AvgIpc) is 2.46. The highest BCUT2D eigenvalue weighted by atomic mass is 19.4. The minimum atomic E-state index is -5.04. The zero-order valence-electron chi connectivity index (χ0n) is 8.00. The Morgan fingerprint density at radius 1 is 1.50 bits per heavy atom. The Morgan fingerprint density at radius 2 is 2.06 bits per heavy atom. The third-order valence-corrected chi connectivity index (χ3v) is 1.69. The van der Waals surface area contributed by atoms with Crippen LogP contribution >= 0.6 is 0 Å². The van der Waals surface area contributed by atoms with E-state index in [9.17, 15) is 22.8 Å². The predicted molar refractivity (Wildman–Crippen MR) is 46.4 cm³/mol. The van der Waals surface area contributed by atoms with Crippen molar-refractivity contribution in [1.29, 1.82) is 0 Å². The number of nitrogens with one attached hydrogen (secondary N) is 1. The van der Waals surface area contributed by atoms with Gasteiger partial charge in [-0.25, -0.2) is 0 Å². The number of carbonyl (C=O) groups excluding carboxylic acids is 2. The van der Waals surface area contributed by atoms with Crippen LogP contribution in [0.15, 0.2) is 6.20 Å². The van der Waals surface area contributed by atoms with Gasteiger partial charge in [0.2, 0.25) is 0 Å². The lowest BCUT2D eigenvalue weighted by atomic mass is 10.3. The molecule has 0 aromatic carbocycles. The van der Waals surface area contributed by atoms with E-state index in [0.29, 0.717) is 0 Å². The lowest BCUT2D eigenvalue weighted by molar-refractivity contribution is -0.167. The Labute approximate surface area is 87.2 Å². The van der Waals surface area contributed by atoms with E-state index in [1.54, 1.807) is 0 Å². The minimum absolute atomic E-state index is 0.292. The van der Waals surface area contributed by atoms with Crippen molar-refractivity contribution in [3.8, 4) is 0 Å². The summed E-state index contributed by atoms with van der Waals surface area (Å²) < 4.78 is 36.7. The quantitative estimate of drug-likeness (QED) is 0.758. The molecule has 1 aromatic rings. The van der Waals surface area contributed by atoms with Crippen LogP contribution in [0.4, 0.5) is 19.0 Å². The van der Waals surface area contributed by atoms with E-state index in [1.165, 1.54) is 12.4 Å². The Hall–Kier alpha value is -2.06. The maximum absolute atomic E-state index is 11.9. The van der Waals surface area contributed by atoms with Gasteiger partial charge in [0, 0.05) is 7.05 Å². The summed E-state index contributed by atoms with van der Waals surface area (Å²) in [6.45, 7) is 0. The SMILES string of the molecule is Cn1ncc(C(N)=O)c1NC(=O)C(F)(F)F. The second kappa shape index (κ2) is 3.83. The highest BCUT2D eigenvalue weighted by molar-refractivity contribution is 6.03. The summed E-state index contributed by atoms with van der Waals surface area (Å²) in [4.78, 5) is 21.4. The molecule has 0 saturated carbocycles.